The Kier molecular flexibility index (Phi) is 4.36. The summed E-state index contributed by atoms with van der Waals surface area (Å²) in [4.78, 5) is 0. The van der Waals surface area contributed by atoms with Crippen LogP contribution in [0.3, 0.4) is 0 Å². The minimum absolute atomic E-state index is 0.980. The van der Waals surface area contributed by atoms with Gasteiger partial charge in [-0.2, -0.15) is 16.9 Å². The maximum absolute atomic E-state index is 4.84. The second kappa shape index (κ2) is 6.22. The quantitative estimate of drug-likeness (QED) is 0.896. The molecule has 1 aromatic heterocycles. The number of rotatable bonds is 3. The molecule has 0 saturated carbocycles. The van der Waals surface area contributed by atoms with E-state index in [2.05, 4.69) is 56.4 Å². The van der Waals surface area contributed by atoms with Gasteiger partial charge in [-0.25, -0.2) is 4.68 Å². The van der Waals surface area contributed by atoms with Crippen LogP contribution < -0.4 is 5.32 Å². The molecule has 0 saturated heterocycles. The molecule has 3 rings (SSSR count). The summed E-state index contributed by atoms with van der Waals surface area (Å²) in [5.41, 5.74) is 3.75. The molecule has 0 spiro atoms. The summed E-state index contributed by atoms with van der Waals surface area (Å²) >= 11 is 5.32. The largest absolute Gasteiger partial charge is 0.370 e. The van der Waals surface area contributed by atoms with Crippen LogP contribution in [0.15, 0.2) is 28.7 Å². The number of hydrogen-bond acceptors (Lipinski definition) is 3. The summed E-state index contributed by atoms with van der Waals surface area (Å²) in [6.45, 7) is 1.04. The van der Waals surface area contributed by atoms with E-state index in [1.54, 1.807) is 0 Å². The van der Waals surface area contributed by atoms with Crippen LogP contribution >= 0.6 is 27.7 Å². The molecule has 1 N–H and O–H groups in total. The second-order valence-electron chi connectivity index (χ2n) is 4.98. The topological polar surface area (TPSA) is 29.9 Å². The van der Waals surface area contributed by atoms with Gasteiger partial charge in [0.15, 0.2) is 0 Å². The molecule has 3 nitrogen and oxygen atoms in total. The highest BCUT2D eigenvalue weighted by molar-refractivity contribution is 9.10. The molecule has 0 fully saturated rings. The third-order valence-electron chi connectivity index (χ3n) is 3.56. The fraction of sp³-hybridized carbons (Fsp3) is 0.400. The molecular formula is C15H18BrN3S. The van der Waals surface area contributed by atoms with Crippen molar-refractivity contribution in [3.8, 4) is 5.69 Å². The zero-order valence-corrected chi connectivity index (χ0v) is 13.9. The lowest BCUT2D eigenvalue weighted by atomic mass is 10.1. The van der Waals surface area contributed by atoms with Crippen LogP contribution in [0.4, 0.5) is 5.82 Å². The van der Waals surface area contributed by atoms with Gasteiger partial charge in [-0.3, -0.25) is 0 Å². The first-order valence-electron chi connectivity index (χ1n) is 6.89. The zero-order chi connectivity index (χ0) is 13.9. The molecular weight excluding hydrogens is 334 g/mol. The molecule has 1 aliphatic rings. The highest BCUT2D eigenvalue weighted by Crippen LogP contribution is 2.30. The van der Waals surface area contributed by atoms with E-state index in [-0.39, 0.29) is 0 Å². The standard InChI is InChI=1S/C15H18BrN3S/c1-20-10-14-13-4-2-3-9-17-15(13)19(18-14)12-7-5-11(16)6-8-12/h5-8,17H,2-4,9-10H2,1H3. The molecule has 0 atom stereocenters. The van der Waals surface area contributed by atoms with Gasteiger partial charge in [0.2, 0.25) is 0 Å². The number of nitrogens with one attached hydrogen (secondary N) is 1. The zero-order valence-electron chi connectivity index (χ0n) is 11.5. The number of benzene rings is 1. The highest BCUT2D eigenvalue weighted by atomic mass is 79.9. The van der Waals surface area contributed by atoms with Crippen molar-refractivity contribution in [1.82, 2.24) is 9.78 Å². The fourth-order valence-corrected chi connectivity index (χ4v) is 3.36. The van der Waals surface area contributed by atoms with Crippen LogP contribution in [0, 0.1) is 0 Å². The molecule has 106 valence electrons. The van der Waals surface area contributed by atoms with Crippen molar-refractivity contribution in [1.29, 1.82) is 0 Å². The Morgan fingerprint density at radius 1 is 1.30 bits per heavy atom. The van der Waals surface area contributed by atoms with Gasteiger partial charge in [-0.1, -0.05) is 15.9 Å². The Morgan fingerprint density at radius 2 is 2.10 bits per heavy atom. The SMILES string of the molecule is CSCc1nn(-c2ccc(Br)cc2)c2c1CCCCN2. The van der Waals surface area contributed by atoms with E-state index in [0.717, 1.165) is 28.9 Å². The Balaban J connectivity index is 2.07. The number of anilines is 1. The van der Waals surface area contributed by atoms with Crippen molar-refractivity contribution in [2.24, 2.45) is 0 Å². The third kappa shape index (κ3) is 2.74. The van der Waals surface area contributed by atoms with Crippen molar-refractivity contribution in [3.63, 3.8) is 0 Å². The minimum atomic E-state index is 0.980. The van der Waals surface area contributed by atoms with E-state index >= 15 is 0 Å². The molecule has 0 amide bonds. The summed E-state index contributed by atoms with van der Waals surface area (Å²) in [5.74, 6) is 2.17. The second-order valence-corrected chi connectivity index (χ2v) is 6.76. The van der Waals surface area contributed by atoms with Crippen LogP contribution in [0.2, 0.25) is 0 Å². The van der Waals surface area contributed by atoms with E-state index in [0.29, 0.717) is 0 Å². The summed E-state index contributed by atoms with van der Waals surface area (Å²) < 4.78 is 3.16. The molecule has 1 aromatic carbocycles. The van der Waals surface area contributed by atoms with E-state index in [9.17, 15) is 0 Å². The summed E-state index contributed by atoms with van der Waals surface area (Å²) in [6, 6.07) is 8.34. The Bertz CT molecular complexity index is 592. The number of halogens is 1. The number of fused-ring (bicyclic) bond motifs is 1. The summed E-state index contributed by atoms with van der Waals surface area (Å²) in [6.07, 6.45) is 5.74. The van der Waals surface area contributed by atoms with Crippen molar-refractivity contribution in [2.45, 2.75) is 25.0 Å². The van der Waals surface area contributed by atoms with Gasteiger partial charge in [0.1, 0.15) is 5.82 Å². The molecule has 1 aliphatic heterocycles. The van der Waals surface area contributed by atoms with Crippen molar-refractivity contribution >= 4 is 33.5 Å². The van der Waals surface area contributed by atoms with Crippen molar-refractivity contribution in [3.05, 3.63) is 40.0 Å². The monoisotopic (exact) mass is 351 g/mol. The smallest absolute Gasteiger partial charge is 0.133 e. The highest BCUT2D eigenvalue weighted by Gasteiger charge is 2.19. The van der Waals surface area contributed by atoms with Crippen LogP contribution in [0.5, 0.6) is 0 Å². The number of thioether (sulfide) groups is 1. The lowest BCUT2D eigenvalue weighted by molar-refractivity contribution is 0.771. The first kappa shape index (κ1) is 14.0. The lowest BCUT2D eigenvalue weighted by Crippen LogP contribution is -2.07. The van der Waals surface area contributed by atoms with Crippen LogP contribution in [-0.4, -0.2) is 22.6 Å². The number of nitrogens with zero attached hydrogens (tertiary/aromatic N) is 2. The van der Waals surface area contributed by atoms with Crippen LogP contribution in [0.1, 0.15) is 24.1 Å². The van der Waals surface area contributed by atoms with Gasteiger partial charge >= 0.3 is 0 Å². The van der Waals surface area contributed by atoms with E-state index < -0.39 is 0 Å². The van der Waals surface area contributed by atoms with Gasteiger partial charge in [-0.05, 0) is 49.8 Å². The molecule has 0 radical (unpaired) electrons. The van der Waals surface area contributed by atoms with E-state index in [4.69, 9.17) is 5.10 Å². The van der Waals surface area contributed by atoms with Crippen molar-refractivity contribution in [2.75, 3.05) is 18.1 Å². The van der Waals surface area contributed by atoms with Gasteiger partial charge in [-0.15, -0.1) is 0 Å². The molecule has 2 aromatic rings. The normalized spacial score (nSPS) is 14.5. The summed E-state index contributed by atoms with van der Waals surface area (Å²) in [7, 11) is 0. The maximum Gasteiger partial charge on any atom is 0.133 e. The van der Waals surface area contributed by atoms with Crippen LogP contribution in [0.25, 0.3) is 5.69 Å². The minimum Gasteiger partial charge on any atom is -0.370 e. The Morgan fingerprint density at radius 3 is 2.85 bits per heavy atom. The molecule has 0 bridgehead atoms. The molecule has 2 heterocycles. The average Bonchev–Trinajstić information content (AvgIpc) is 2.64. The number of aromatic nitrogens is 2. The molecule has 0 unspecified atom stereocenters. The lowest BCUT2D eigenvalue weighted by Gasteiger charge is -2.09. The first-order valence-corrected chi connectivity index (χ1v) is 9.08. The predicted molar refractivity (Wildman–Crippen MR) is 89.9 cm³/mol. The van der Waals surface area contributed by atoms with E-state index in [1.807, 2.05) is 11.8 Å². The van der Waals surface area contributed by atoms with Crippen LogP contribution in [-0.2, 0) is 12.2 Å². The number of hydrogen-bond donors (Lipinski definition) is 1. The van der Waals surface area contributed by atoms with Gasteiger partial charge in [0.25, 0.3) is 0 Å². The fourth-order valence-electron chi connectivity index (χ4n) is 2.60. The molecule has 5 heteroatoms. The Labute approximate surface area is 132 Å². The van der Waals surface area contributed by atoms with Gasteiger partial charge in [0.05, 0.1) is 11.4 Å². The average molecular weight is 352 g/mol. The first-order chi connectivity index (χ1) is 9.79. The van der Waals surface area contributed by atoms with E-state index in [1.165, 1.54) is 29.9 Å². The van der Waals surface area contributed by atoms with Crippen molar-refractivity contribution < 1.29 is 0 Å². The predicted octanol–water partition coefficient (Wildman–Crippen LogP) is 4.25. The Hall–Kier alpha value is -0.940. The third-order valence-corrected chi connectivity index (χ3v) is 4.66. The molecule has 0 aliphatic carbocycles. The van der Waals surface area contributed by atoms with Gasteiger partial charge in [0, 0.05) is 22.3 Å². The molecule has 20 heavy (non-hydrogen) atoms. The summed E-state index contributed by atoms with van der Waals surface area (Å²) in [5, 5.41) is 8.41. The maximum atomic E-state index is 4.84. The van der Waals surface area contributed by atoms with Gasteiger partial charge < -0.3 is 5.32 Å².